The number of ether oxygens (including phenoxy) is 1. The number of aromatic nitrogens is 3. The fraction of sp³-hybridized carbons (Fsp3) is 0.769. The van der Waals surface area contributed by atoms with E-state index in [1.54, 1.807) is 7.11 Å². The number of rotatable bonds is 8. The highest BCUT2D eigenvalue weighted by Crippen LogP contribution is 2.19. The zero-order valence-corrected chi connectivity index (χ0v) is 13.0. The average molecular weight is 284 g/mol. The fourth-order valence-electron chi connectivity index (χ4n) is 2.01. The zero-order chi connectivity index (χ0) is 14.4. The summed E-state index contributed by atoms with van der Waals surface area (Å²) < 4.78 is 7.18. The summed E-state index contributed by atoms with van der Waals surface area (Å²) in [5, 5.41) is 8.36. The van der Waals surface area contributed by atoms with Crippen molar-refractivity contribution in [3.05, 3.63) is 11.4 Å². The molecule has 0 aromatic carbocycles. The quantitative estimate of drug-likeness (QED) is 0.741. The van der Waals surface area contributed by atoms with Crippen LogP contribution in [0.25, 0.3) is 0 Å². The third kappa shape index (κ3) is 4.24. The third-order valence-corrected chi connectivity index (χ3v) is 3.35. The van der Waals surface area contributed by atoms with Gasteiger partial charge in [-0.1, -0.05) is 38.2 Å². The van der Waals surface area contributed by atoms with Crippen molar-refractivity contribution in [2.45, 2.75) is 46.1 Å². The van der Waals surface area contributed by atoms with Gasteiger partial charge in [0.2, 0.25) is 0 Å². The van der Waals surface area contributed by atoms with Crippen LogP contribution in [-0.2, 0) is 11.2 Å². The molecule has 1 aromatic rings. The smallest absolute Gasteiger partial charge is 0.143 e. The second-order valence-electron chi connectivity index (χ2n) is 5.14. The van der Waals surface area contributed by atoms with Gasteiger partial charge in [-0.15, -0.1) is 5.10 Å². The molecule has 1 unspecified atom stereocenters. The Labute approximate surface area is 120 Å². The highest BCUT2D eigenvalue weighted by Gasteiger charge is 2.20. The Bertz CT molecular complexity index is 417. The minimum Gasteiger partial charge on any atom is -0.388 e. The highest BCUT2D eigenvalue weighted by atomic mass is 32.1. The Morgan fingerprint density at radius 3 is 2.63 bits per heavy atom. The number of hydrogen-bond donors (Lipinski definition) is 1. The summed E-state index contributed by atoms with van der Waals surface area (Å²) in [6, 6.07) is 0.183. The lowest BCUT2D eigenvalue weighted by atomic mass is 10.0. The molecule has 19 heavy (non-hydrogen) atoms. The minimum atomic E-state index is 0.183. The number of methoxy groups -OCH3 is 1. The van der Waals surface area contributed by atoms with E-state index in [1.165, 1.54) is 0 Å². The van der Waals surface area contributed by atoms with Gasteiger partial charge in [-0.05, 0) is 25.2 Å². The van der Waals surface area contributed by atoms with E-state index in [1.807, 2.05) is 4.68 Å². The van der Waals surface area contributed by atoms with E-state index in [4.69, 9.17) is 22.7 Å². The first-order valence-corrected chi connectivity index (χ1v) is 7.14. The maximum Gasteiger partial charge on any atom is 0.143 e. The Morgan fingerprint density at radius 1 is 1.47 bits per heavy atom. The molecule has 1 atom stereocenters. The first-order valence-electron chi connectivity index (χ1n) is 6.74. The Kier molecular flexibility index (Phi) is 6.37. The standard InChI is InChI=1S/C13H24N4OS/c1-5-10(8-18-4)17-11(7-6-9(2)3)12(13(14)19)15-16-17/h9-10H,5-8H2,1-4H3,(H2,14,19). The van der Waals surface area contributed by atoms with E-state index in [2.05, 4.69) is 31.1 Å². The zero-order valence-electron chi connectivity index (χ0n) is 12.2. The number of nitrogens with zero attached hydrogens (tertiary/aromatic N) is 3. The molecule has 0 bridgehead atoms. The van der Waals surface area contributed by atoms with Gasteiger partial charge in [-0.3, -0.25) is 0 Å². The lowest BCUT2D eigenvalue weighted by molar-refractivity contribution is 0.144. The van der Waals surface area contributed by atoms with Crippen molar-refractivity contribution in [3.8, 4) is 0 Å². The van der Waals surface area contributed by atoms with Gasteiger partial charge in [-0.2, -0.15) is 0 Å². The van der Waals surface area contributed by atoms with Crippen LogP contribution in [0.4, 0.5) is 0 Å². The third-order valence-electron chi connectivity index (χ3n) is 3.16. The topological polar surface area (TPSA) is 66.0 Å². The lowest BCUT2D eigenvalue weighted by Gasteiger charge is -2.17. The molecule has 0 spiro atoms. The molecule has 6 heteroatoms. The second kappa shape index (κ2) is 7.55. The van der Waals surface area contributed by atoms with Crippen molar-refractivity contribution in [3.63, 3.8) is 0 Å². The summed E-state index contributed by atoms with van der Waals surface area (Å²) in [6.07, 6.45) is 2.88. The maximum absolute atomic E-state index is 5.73. The van der Waals surface area contributed by atoms with Crippen LogP contribution in [0.3, 0.4) is 0 Å². The molecule has 0 saturated heterocycles. The van der Waals surface area contributed by atoms with Crippen LogP contribution >= 0.6 is 12.2 Å². The normalized spacial score (nSPS) is 12.9. The van der Waals surface area contributed by atoms with Crippen LogP contribution in [0.1, 0.15) is 51.0 Å². The van der Waals surface area contributed by atoms with E-state index < -0.39 is 0 Å². The molecular formula is C13H24N4OS. The summed E-state index contributed by atoms with van der Waals surface area (Å²) in [5.74, 6) is 0.616. The first-order chi connectivity index (χ1) is 9.01. The van der Waals surface area contributed by atoms with Crippen molar-refractivity contribution < 1.29 is 4.74 Å². The molecular weight excluding hydrogens is 260 g/mol. The van der Waals surface area contributed by atoms with Gasteiger partial charge in [0.1, 0.15) is 10.7 Å². The second-order valence-corrected chi connectivity index (χ2v) is 5.58. The summed E-state index contributed by atoms with van der Waals surface area (Å²) in [6.45, 7) is 7.12. The van der Waals surface area contributed by atoms with Crippen LogP contribution in [0.5, 0.6) is 0 Å². The first kappa shape index (κ1) is 16.0. The maximum atomic E-state index is 5.73. The molecule has 0 fully saturated rings. The van der Waals surface area contributed by atoms with Crippen LogP contribution in [0.15, 0.2) is 0 Å². The van der Waals surface area contributed by atoms with Crippen molar-refractivity contribution in [1.82, 2.24) is 15.0 Å². The van der Waals surface area contributed by atoms with E-state index in [0.29, 0.717) is 23.2 Å². The van der Waals surface area contributed by atoms with Gasteiger partial charge in [0.25, 0.3) is 0 Å². The monoisotopic (exact) mass is 284 g/mol. The van der Waals surface area contributed by atoms with Crippen LogP contribution in [-0.4, -0.2) is 33.7 Å². The van der Waals surface area contributed by atoms with Gasteiger partial charge in [0, 0.05) is 7.11 Å². The molecule has 2 N–H and O–H groups in total. The molecule has 1 aromatic heterocycles. The lowest BCUT2D eigenvalue weighted by Crippen LogP contribution is -2.20. The molecule has 5 nitrogen and oxygen atoms in total. The SMILES string of the molecule is CCC(COC)n1nnc(C(N)=S)c1CCC(C)C. The summed E-state index contributed by atoms with van der Waals surface area (Å²) in [4.78, 5) is 0.317. The molecule has 108 valence electrons. The van der Waals surface area contributed by atoms with Crippen LogP contribution in [0.2, 0.25) is 0 Å². The van der Waals surface area contributed by atoms with Crippen molar-refractivity contribution in [2.24, 2.45) is 11.7 Å². The number of hydrogen-bond acceptors (Lipinski definition) is 4. The largest absolute Gasteiger partial charge is 0.388 e. The van der Waals surface area contributed by atoms with Crippen LogP contribution < -0.4 is 5.73 Å². The van der Waals surface area contributed by atoms with Gasteiger partial charge < -0.3 is 10.5 Å². The molecule has 0 aliphatic rings. The number of thiocarbonyl (C=S) groups is 1. The van der Waals surface area contributed by atoms with Gasteiger partial charge in [0.05, 0.1) is 18.3 Å². The molecule has 1 heterocycles. The summed E-state index contributed by atoms with van der Waals surface area (Å²) in [7, 11) is 1.70. The van der Waals surface area contributed by atoms with Gasteiger partial charge >= 0.3 is 0 Å². The van der Waals surface area contributed by atoms with Crippen molar-refractivity contribution >= 4 is 17.2 Å². The number of nitrogens with two attached hydrogens (primary N) is 1. The predicted octanol–water partition coefficient (Wildman–Crippen LogP) is 2.10. The molecule has 0 saturated carbocycles. The van der Waals surface area contributed by atoms with Crippen LogP contribution in [0, 0.1) is 5.92 Å². The Hall–Kier alpha value is -1.01. The Balaban J connectivity index is 3.05. The van der Waals surface area contributed by atoms with Gasteiger partial charge in [-0.25, -0.2) is 4.68 Å². The van der Waals surface area contributed by atoms with Crippen molar-refractivity contribution in [2.75, 3.05) is 13.7 Å². The molecule has 0 aliphatic carbocycles. The van der Waals surface area contributed by atoms with E-state index in [-0.39, 0.29) is 6.04 Å². The van der Waals surface area contributed by atoms with E-state index in [0.717, 1.165) is 25.0 Å². The molecule has 0 amide bonds. The molecule has 1 rings (SSSR count). The van der Waals surface area contributed by atoms with Crippen molar-refractivity contribution in [1.29, 1.82) is 0 Å². The predicted molar refractivity (Wildman–Crippen MR) is 80.3 cm³/mol. The Morgan fingerprint density at radius 2 is 2.16 bits per heavy atom. The van der Waals surface area contributed by atoms with Gasteiger partial charge in [0.15, 0.2) is 0 Å². The summed E-state index contributed by atoms with van der Waals surface area (Å²) >= 11 is 5.06. The highest BCUT2D eigenvalue weighted by molar-refractivity contribution is 7.80. The molecule has 0 radical (unpaired) electrons. The van der Waals surface area contributed by atoms with E-state index >= 15 is 0 Å². The summed E-state index contributed by atoms with van der Waals surface area (Å²) in [5.41, 5.74) is 7.42. The van der Waals surface area contributed by atoms with E-state index in [9.17, 15) is 0 Å². The fourth-order valence-corrected chi connectivity index (χ4v) is 2.17. The molecule has 0 aliphatic heterocycles. The minimum absolute atomic E-state index is 0.183. The average Bonchev–Trinajstić information content (AvgIpc) is 2.77.